The first-order valence-corrected chi connectivity index (χ1v) is 22.0. The van der Waals surface area contributed by atoms with Gasteiger partial charge in [-0.3, -0.25) is 14.5 Å². The third-order valence-electron chi connectivity index (χ3n) is 12.7. The van der Waals surface area contributed by atoms with Crippen molar-refractivity contribution in [2.24, 2.45) is 17.6 Å². The molecule has 4 aromatic rings. The second kappa shape index (κ2) is 16.2. The van der Waals surface area contributed by atoms with Gasteiger partial charge in [0.25, 0.3) is 5.91 Å². The number of likely N-dealkylation sites (N-methyl/N-ethyl adjacent to an activating group) is 1. The van der Waals surface area contributed by atoms with E-state index in [0.717, 1.165) is 19.0 Å². The molecule has 12 nitrogen and oxygen atoms in total. The summed E-state index contributed by atoms with van der Waals surface area (Å²) < 4.78 is 0. The summed E-state index contributed by atoms with van der Waals surface area (Å²) in [5.74, 6) is -10.2. The number of Topliss-reactive ketones (excluding diaryl/α,β-unsaturated/α-hetero) is 2. The van der Waals surface area contributed by atoms with Gasteiger partial charge in [-0.2, -0.15) is 0 Å². The van der Waals surface area contributed by atoms with Crippen LogP contribution in [0.2, 0.25) is 0 Å². The van der Waals surface area contributed by atoms with E-state index >= 15 is 0 Å². The first kappa shape index (κ1) is 41.5. The molecule has 0 bridgehead atoms. The molecular weight excluding hydrogens is 769 g/mol. The average Bonchev–Trinajstić information content (AvgIpc) is 3.22. The minimum atomic E-state index is -3.02. The molecule has 0 heterocycles. The predicted octanol–water partition coefficient (Wildman–Crippen LogP) is 3.88. The van der Waals surface area contributed by atoms with Gasteiger partial charge in [0, 0.05) is 5.92 Å². The van der Waals surface area contributed by atoms with Crippen LogP contribution in [0, 0.1) is 11.8 Å². The molecule has 59 heavy (non-hydrogen) atoms. The number of primary amides is 1. The number of aromatic hydroxyl groups is 1. The fourth-order valence-corrected chi connectivity index (χ4v) is 14.8. The van der Waals surface area contributed by atoms with Crippen molar-refractivity contribution in [2.75, 3.05) is 25.6 Å². The van der Waals surface area contributed by atoms with E-state index in [0.29, 0.717) is 12.0 Å². The first-order valence-electron chi connectivity index (χ1n) is 19.8. The summed E-state index contributed by atoms with van der Waals surface area (Å²) in [7, 11) is 0.530. The molecule has 0 radical (unpaired) electrons. The minimum absolute atomic E-state index is 0.0465. The van der Waals surface area contributed by atoms with E-state index in [2.05, 4.69) is 78.1 Å². The van der Waals surface area contributed by atoms with Crippen molar-refractivity contribution in [1.82, 2.24) is 4.90 Å². The number of nitrogens with one attached hydrogen (secondary N) is 1. The fourth-order valence-electron chi connectivity index (χ4n) is 9.89. The van der Waals surface area contributed by atoms with Crippen LogP contribution in [0.1, 0.15) is 54.4 Å². The average molecular weight is 820 g/mol. The smallest absolute Gasteiger partial charge is 0.510 e. The van der Waals surface area contributed by atoms with Crippen LogP contribution < -0.4 is 27.0 Å². The molecule has 0 aliphatic heterocycles. The van der Waals surface area contributed by atoms with E-state index in [1.165, 1.54) is 41.0 Å². The maximum atomic E-state index is 14.3. The van der Waals surface area contributed by atoms with Gasteiger partial charge in [0.1, 0.15) is 17.1 Å². The third-order valence-corrected chi connectivity index (χ3v) is 17.7. The number of aliphatic hydroxyl groups is 4. The summed E-state index contributed by atoms with van der Waals surface area (Å²) in [5, 5.41) is 64.7. The van der Waals surface area contributed by atoms with Gasteiger partial charge in [-0.1, -0.05) is 6.92 Å². The topological polar surface area (TPSA) is 211 Å². The molecule has 0 saturated heterocycles. The molecule has 6 atom stereocenters. The van der Waals surface area contributed by atoms with Crippen LogP contribution in [0.15, 0.2) is 126 Å². The Morgan fingerprint density at radius 1 is 0.814 bits per heavy atom. The molecule has 308 valence electrons. The Hall–Kier alpha value is -5.65. The van der Waals surface area contributed by atoms with Crippen molar-refractivity contribution in [1.29, 1.82) is 0 Å². The summed E-state index contributed by atoms with van der Waals surface area (Å²) in [5.41, 5.74) is 0.907. The van der Waals surface area contributed by atoms with E-state index in [9.17, 15) is 44.7 Å². The number of benzene rings is 4. The van der Waals surface area contributed by atoms with Crippen LogP contribution in [0.3, 0.4) is 0 Å². The molecule has 2 unspecified atom stereocenters. The van der Waals surface area contributed by atoms with Gasteiger partial charge in [-0.05, 0) is 14.1 Å². The predicted molar refractivity (Wildman–Crippen MR) is 228 cm³/mol. The number of carbonyl (C=O) groups is 4. The SMILES string of the molecule is C[C@H]1c2ccc(NC(=O)CCCCC[PH](c3ccccc3)(c3ccccc3)c3ccccc3)c(O)c2C(=O)C2=C(O)[C@]3(O)C(=O)C(C(N)=O)=C(O)[C@@H](N(C)C)C3[C@@H](O)C21. The zero-order valence-electron chi connectivity index (χ0n) is 33.1. The number of hydrogen-bond donors (Lipinski definition) is 7. The van der Waals surface area contributed by atoms with Crippen LogP contribution in [0.4, 0.5) is 5.69 Å². The number of nitrogens with two attached hydrogens (primary N) is 1. The Bertz CT molecular complexity index is 2270. The number of fused-ring (bicyclic) bond motifs is 3. The summed E-state index contributed by atoms with van der Waals surface area (Å²) >= 11 is 0. The zero-order chi connectivity index (χ0) is 42.4. The number of phenolic OH excluding ortho intramolecular Hbond substituents is 1. The van der Waals surface area contributed by atoms with Crippen molar-refractivity contribution < 1.29 is 44.7 Å². The third kappa shape index (κ3) is 6.74. The van der Waals surface area contributed by atoms with Crippen LogP contribution in [0.25, 0.3) is 0 Å². The quantitative estimate of drug-likeness (QED) is 0.0475. The van der Waals surface area contributed by atoms with E-state index < -0.39 is 88.7 Å². The Balaban J connectivity index is 1.10. The number of carbonyl (C=O) groups excluding carboxylic acids is 4. The van der Waals surface area contributed by atoms with Gasteiger partial charge in [-0.15, -0.1) is 0 Å². The van der Waals surface area contributed by atoms with Crippen molar-refractivity contribution in [3.8, 4) is 5.75 Å². The van der Waals surface area contributed by atoms with Crippen LogP contribution in [-0.4, -0.2) is 91.8 Å². The molecule has 0 aromatic heterocycles. The monoisotopic (exact) mass is 819 g/mol. The second-order valence-corrected chi connectivity index (χ2v) is 20.1. The summed E-state index contributed by atoms with van der Waals surface area (Å²) in [6.45, 7) is 1.65. The van der Waals surface area contributed by atoms with E-state index in [-0.39, 0.29) is 23.6 Å². The van der Waals surface area contributed by atoms with Gasteiger partial charge in [-0.25, -0.2) is 0 Å². The number of ketones is 2. The molecule has 0 fully saturated rings. The molecule has 7 rings (SSSR count). The Labute approximate surface area is 343 Å². The van der Waals surface area contributed by atoms with Crippen LogP contribution in [0.5, 0.6) is 5.75 Å². The number of phenols is 1. The molecule has 3 aliphatic carbocycles. The number of rotatable bonds is 12. The Kier molecular flexibility index (Phi) is 11.4. The fraction of sp³-hybridized carbons (Fsp3) is 0.304. The van der Waals surface area contributed by atoms with E-state index in [1.807, 2.05) is 18.2 Å². The number of amides is 2. The molecular formula is C46H50N3O9P. The minimum Gasteiger partial charge on any atom is -0.510 e. The maximum absolute atomic E-state index is 14.3. The molecule has 0 saturated carbocycles. The van der Waals surface area contributed by atoms with Gasteiger partial charge in [0.15, 0.2) is 5.60 Å². The van der Waals surface area contributed by atoms with Gasteiger partial charge in [0.2, 0.25) is 5.78 Å². The number of nitrogens with zero attached hydrogens (tertiary/aromatic N) is 1. The molecule has 2 amide bonds. The molecule has 0 spiro atoms. The summed E-state index contributed by atoms with van der Waals surface area (Å²) in [6, 6.07) is 33.5. The van der Waals surface area contributed by atoms with Crippen molar-refractivity contribution in [3.63, 3.8) is 0 Å². The molecule has 8 N–H and O–H groups in total. The van der Waals surface area contributed by atoms with Crippen molar-refractivity contribution in [2.45, 2.75) is 56.3 Å². The van der Waals surface area contributed by atoms with Crippen LogP contribution in [-0.2, 0) is 14.4 Å². The summed E-state index contributed by atoms with van der Waals surface area (Å²) in [4.78, 5) is 55.0. The van der Waals surface area contributed by atoms with Crippen molar-refractivity contribution in [3.05, 3.63) is 137 Å². The Morgan fingerprint density at radius 2 is 1.36 bits per heavy atom. The second-order valence-electron chi connectivity index (χ2n) is 16.1. The van der Waals surface area contributed by atoms with Gasteiger partial charge in [0.05, 0.1) is 18.1 Å². The zero-order valence-corrected chi connectivity index (χ0v) is 34.1. The van der Waals surface area contributed by atoms with E-state index in [4.69, 9.17) is 5.73 Å². The van der Waals surface area contributed by atoms with Crippen LogP contribution >= 0.6 is 7.26 Å². The number of hydrogen-bond acceptors (Lipinski definition) is 10. The number of anilines is 1. The van der Waals surface area contributed by atoms with Gasteiger partial charge >= 0.3 is 224 Å². The molecule has 3 aliphatic rings. The first-order chi connectivity index (χ1) is 28.2. The van der Waals surface area contributed by atoms with Gasteiger partial charge < -0.3 is 26.2 Å². The summed E-state index contributed by atoms with van der Waals surface area (Å²) in [6.07, 6.45) is 1.56. The Morgan fingerprint density at radius 3 is 1.86 bits per heavy atom. The standard InChI is InChI=1S/C46H50N3O9P/c1-26-30-23-24-31(39(51)34(30)40(52)35-33(26)41(53)37-38(49(2)3)42(54)36(45(47)57)44(56)46(37,58)43(35)55)48-32(50)22-14-7-15-25-59(27-16-8-4-9-17-27,28-18-10-5-11-19-28)29-20-12-6-13-21-29/h4-6,8-13,16-21,23-24,26,33,37-38,41,51,53-55,58-59H,7,14-15,22,25H2,1-3H3,(H2,47,57)(H,48,50)/t26-,33?,37?,38-,41-,46-/m0/s1. The molecule has 4 aromatic carbocycles. The van der Waals surface area contributed by atoms with E-state index in [1.54, 1.807) is 13.0 Å². The normalized spacial score (nSPS) is 24.3. The number of unbranched alkanes of at least 4 members (excludes halogenated alkanes) is 2. The molecule has 13 heteroatoms. The number of aliphatic hydroxyl groups excluding tert-OH is 3. The van der Waals surface area contributed by atoms with Crippen molar-refractivity contribution >= 4 is 52.2 Å².